The molecule has 0 radical (unpaired) electrons. The minimum Gasteiger partial charge on any atom is -0.495 e. The zero-order valence-corrected chi connectivity index (χ0v) is 19.1. The third-order valence-electron chi connectivity index (χ3n) is 5.86. The number of ether oxygens (including phenoxy) is 2. The number of carboxylic acid groups (broad SMARTS) is 1. The van der Waals surface area contributed by atoms with E-state index in [4.69, 9.17) is 9.47 Å². The highest BCUT2D eigenvalue weighted by Gasteiger charge is 2.37. The first-order valence-corrected chi connectivity index (χ1v) is 10.9. The van der Waals surface area contributed by atoms with E-state index in [0.717, 1.165) is 16.5 Å². The third-order valence-corrected chi connectivity index (χ3v) is 5.86. The molecule has 0 saturated carbocycles. The fourth-order valence-electron chi connectivity index (χ4n) is 4.20. The Morgan fingerprint density at radius 2 is 2.06 bits per heavy atom. The average Bonchev–Trinajstić information content (AvgIpc) is 2.75. The predicted molar refractivity (Wildman–Crippen MR) is 120 cm³/mol. The first kappa shape index (κ1) is 23.8. The average molecular weight is 445 g/mol. The Balaban J connectivity index is 1.68. The number of carbonyl (C=O) groups excluding carboxylic acids is 1. The van der Waals surface area contributed by atoms with Crippen LogP contribution in [0, 0.1) is 11.8 Å². The molecule has 0 aliphatic carbocycles. The number of aliphatic hydroxyl groups excluding tert-OH is 1. The normalized spacial score (nSPS) is 20.1. The number of hydrogen-bond acceptors (Lipinski definition) is 6. The van der Waals surface area contributed by atoms with Gasteiger partial charge in [0.25, 0.3) is 0 Å². The third kappa shape index (κ3) is 5.68. The van der Waals surface area contributed by atoms with Crippen LogP contribution in [0.25, 0.3) is 10.9 Å². The standard InChI is InChI=1S/C24H32N2O6/c1-24(2,3)32-23(30)26-11-10-15(19(14-26)22(28)29)8-9-21(27)17-6-5-7-20-18(17)12-16(31-4)13-25-20/h5-7,12-13,15,19,21,27H,8-11,14H2,1-4H3,(H,28,29)/t15-,19+,21?/m1/s1. The lowest BCUT2D eigenvalue weighted by Crippen LogP contribution is -2.48. The molecule has 0 spiro atoms. The largest absolute Gasteiger partial charge is 0.495 e. The second-order valence-corrected chi connectivity index (χ2v) is 9.30. The van der Waals surface area contributed by atoms with Gasteiger partial charge in [-0.2, -0.15) is 0 Å². The van der Waals surface area contributed by atoms with Gasteiger partial charge in [-0.25, -0.2) is 4.79 Å². The number of likely N-dealkylation sites (tertiary alicyclic amines) is 1. The smallest absolute Gasteiger partial charge is 0.410 e. The molecule has 2 N–H and O–H groups in total. The van der Waals surface area contributed by atoms with E-state index in [2.05, 4.69) is 4.98 Å². The lowest BCUT2D eigenvalue weighted by Gasteiger charge is -2.37. The maximum atomic E-state index is 12.4. The summed E-state index contributed by atoms with van der Waals surface area (Å²) >= 11 is 0. The van der Waals surface area contributed by atoms with Crippen molar-refractivity contribution in [2.24, 2.45) is 11.8 Å². The Morgan fingerprint density at radius 1 is 1.31 bits per heavy atom. The highest BCUT2D eigenvalue weighted by molar-refractivity contribution is 5.83. The van der Waals surface area contributed by atoms with Crippen LogP contribution in [-0.4, -0.2) is 58.0 Å². The molecule has 1 unspecified atom stereocenters. The Hall–Kier alpha value is -2.87. The molecular weight excluding hydrogens is 412 g/mol. The molecule has 1 aromatic carbocycles. The van der Waals surface area contributed by atoms with Crippen LogP contribution in [0.4, 0.5) is 4.79 Å². The summed E-state index contributed by atoms with van der Waals surface area (Å²) < 4.78 is 10.7. The van der Waals surface area contributed by atoms with E-state index in [9.17, 15) is 19.8 Å². The minimum absolute atomic E-state index is 0.112. The van der Waals surface area contributed by atoms with Gasteiger partial charge >= 0.3 is 12.1 Å². The molecule has 0 bridgehead atoms. The van der Waals surface area contributed by atoms with Crippen molar-refractivity contribution in [3.8, 4) is 5.75 Å². The molecule has 3 atom stereocenters. The number of nitrogens with zero attached hydrogens (tertiary/aromatic N) is 2. The van der Waals surface area contributed by atoms with Gasteiger partial charge in [0.15, 0.2) is 0 Å². The van der Waals surface area contributed by atoms with Crippen molar-refractivity contribution in [1.82, 2.24) is 9.88 Å². The molecular formula is C24H32N2O6. The molecule has 8 nitrogen and oxygen atoms in total. The van der Waals surface area contributed by atoms with Crippen LogP contribution >= 0.6 is 0 Å². The van der Waals surface area contributed by atoms with E-state index in [-0.39, 0.29) is 12.5 Å². The number of pyridine rings is 1. The number of rotatable bonds is 6. The van der Waals surface area contributed by atoms with Crippen molar-refractivity contribution in [2.45, 2.75) is 51.7 Å². The lowest BCUT2D eigenvalue weighted by molar-refractivity contribution is -0.146. The predicted octanol–water partition coefficient (Wildman–Crippen LogP) is 4.01. The second kappa shape index (κ2) is 9.73. The van der Waals surface area contributed by atoms with Crippen molar-refractivity contribution in [3.63, 3.8) is 0 Å². The van der Waals surface area contributed by atoms with Gasteiger partial charge in [0.1, 0.15) is 11.4 Å². The number of methoxy groups -OCH3 is 1. The highest BCUT2D eigenvalue weighted by atomic mass is 16.6. The van der Waals surface area contributed by atoms with Gasteiger partial charge < -0.3 is 24.6 Å². The summed E-state index contributed by atoms with van der Waals surface area (Å²) in [5.41, 5.74) is 0.871. The number of aromatic nitrogens is 1. The number of piperidine rings is 1. The Labute approximate surface area is 188 Å². The van der Waals surface area contributed by atoms with Crippen LogP contribution in [0.1, 0.15) is 51.7 Å². The van der Waals surface area contributed by atoms with E-state index in [0.29, 0.717) is 31.6 Å². The van der Waals surface area contributed by atoms with Gasteiger partial charge in [-0.3, -0.25) is 9.78 Å². The summed E-state index contributed by atoms with van der Waals surface area (Å²) in [6, 6.07) is 7.42. The first-order chi connectivity index (χ1) is 15.1. The fraction of sp³-hybridized carbons (Fsp3) is 0.542. The van der Waals surface area contributed by atoms with Gasteiger partial charge in [0.05, 0.1) is 30.8 Å². The van der Waals surface area contributed by atoms with Crippen LogP contribution in [0.3, 0.4) is 0 Å². The van der Waals surface area contributed by atoms with Crippen LogP contribution in [0.2, 0.25) is 0 Å². The zero-order chi connectivity index (χ0) is 23.5. The Bertz CT molecular complexity index is 971. The van der Waals surface area contributed by atoms with Crippen molar-refractivity contribution in [1.29, 1.82) is 0 Å². The van der Waals surface area contributed by atoms with E-state index in [1.165, 1.54) is 4.90 Å². The van der Waals surface area contributed by atoms with Gasteiger partial charge in [0.2, 0.25) is 0 Å². The maximum Gasteiger partial charge on any atom is 0.410 e. The van der Waals surface area contributed by atoms with Gasteiger partial charge in [-0.05, 0) is 63.6 Å². The summed E-state index contributed by atoms with van der Waals surface area (Å²) in [7, 11) is 1.57. The minimum atomic E-state index is -0.933. The fourth-order valence-corrected chi connectivity index (χ4v) is 4.20. The SMILES string of the molecule is COc1cnc2cccc(C(O)CC[C@@H]3CCN(C(=O)OC(C)(C)C)C[C@@H]3C(=O)O)c2c1. The van der Waals surface area contributed by atoms with E-state index >= 15 is 0 Å². The molecule has 1 aromatic heterocycles. The number of hydrogen-bond donors (Lipinski definition) is 2. The van der Waals surface area contributed by atoms with Crippen molar-refractivity contribution in [3.05, 3.63) is 36.0 Å². The number of carboxylic acids is 1. The number of amides is 1. The number of aliphatic carboxylic acids is 1. The molecule has 3 rings (SSSR count). The van der Waals surface area contributed by atoms with Crippen molar-refractivity contribution >= 4 is 23.0 Å². The number of fused-ring (bicyclic) bond motifs is 1. The summed E-state index contributed by atoms with van der Waals surface area (Å²) in [5, 5.41) is 21.5. The van der Waals surface area contributed by atoms with E-state index in [1.54, 1.807) is 34.1 Å². The monoisotopic (exact) mass is 444 g/mol. The summed E-state index contributed by atoms with van der Waals surface area (Å²) in [6.07, 6.45) is 1.89. The second-order valence-electron chi connectivity index (χ2n) is 9.30. The topological polar surface area (TPSA) is 109 Å². The number of aliphatic hydroxyl groups is 1. The van der Waals surface area contributed by atoms with Crippen LogP contribution < -0.4 is 4.74 Å². The van der Waals surface area contributed by atoms with Crippen LogP contribution in [0.5, 0.6) is 5.75 Å². The van der Waals surface area contributed by atoms with E-state index in [1.807, 2.05) is 24.3 Å². The molecule has 1 amide bonds. The summed E-state index contributed by atoms with van der Waals surface area (Å²) in [4.78, 5) is 30.1. The molecule has 1 aliphatic rings. The van der Waals surface area contributed by atoms with Gasteiger partial charge in [-0.1, -0.05) is 12.1 Å². The Kier molecular flexibility index (Phi) is 7.23. The first-order valence-electron chi connectivity index (χ1n) is 10.9. The quantitative estimate of drug-likeness (QED) is 0.693. The maximum absolute atomic E-state index is 12.4. The number of benzene rings is 1. The molecule has 1 fully saturated rings. The molecule has 2 heterocycles. The molecule has 2 aromatic rings. The molecule has 1 aliphatic heterocycles. The van der Waals surface area contributed by atoms with Crippen molar-refractivity contribution < 1.29 is 29.3 Å². The van der Waals surface area contributed by atoms with Crippen LogP contribution in [-0.2, 0) is 9.53 Å². The summed E-state index contributed by atoms with van der Waals surface area (Å²) in [5.74, 6) is -1.16. The van der Waals surface area contributed by atoms with E-state index < -0.39 is 29.7 Å². The van der Waals surface area contributed by atoms with Crippen molar-refractivity contribution in [2.75, 3.05) is 20.2 Å². The Morgan fingerprint density at radius 3 is 2.72 bits per heavy atom. The summed E-state index contributed by atoms with van der Waals surface area (Å²) in [6.45, 7) is 5.90. The van der Waals surface area contributed by atoms with Crippen LogP contribution in [0.15, 0.2) is 30.5 Å². The molecule has 174 valence electrons. The highest BCUT2D eigenvalue weighted by Crippen LogP contribution is 2.34. The van der Waals surface area contributed by atoms with Gasteiger partial charge in [-0.15, -0.1) is 0 Å². The molecule has 32 heavy (non-hydrogen) atoms. The zero-order valence-electron chi connectivity index (χ0n) is 19.1. The lowest BCUT2D eigenvalue weighted by atomic mass is 9.81. The molecule has 1 saturated heterocycles. The van der Waals surface area contributed by atoms with Gasteiger partial charge in [0, 0.05) is 18.5 Å². The molecule has 8 heteroatoms. The number of carbonyl (C=O) groups is 2.